The van der Waals surface area contributed by atoms with E-state index in [0.717, 1.165) is 38.6 Å². The fourth-order valence-corrected chi connectivity index (χ4v) is 4.83. The molecular weight excluding hydrogens is 308 g/mol. The lowest BCUT2D eigenvalue weighted by Crippen LogP contribution is -2.36. The summed E-state index contributed by atoms with van der Waals surface area (Å²) in [5, 5.41) is 16.1. The van der Waals surface area contributed by atoms with E-state index in [1.165, 1.54) is 42.8 Å². The molecule has 5 heteroatoms. The predicted octanol–water partition coefficient (Wildman–Crippen LogP) is 3.97. The summed E-state index contributed by atoms with van der Waals surface area (Å²) in [6.07, 6.45) is 11.3. The molecule has 128 valence electrons. The number of nitrogens with one attached hydrogen (secondary N) is 1. The second-order valence-electron chi connectivity index (χ2n) is 7.09. The number of aliphatic carboxylic acids is 1. The average molecular weight is 337 g/mol. The third-order valence-corrected chi connectivity index (χ3v) is 6.37. The number of carbonyl (C=O) groups is 1. The molecular formula is C18H28N2O2S. The number of carboxylic acid groups (broad SMARTS) is 1. The van der Waals surface area contributed by atoms with E-state index in [0.29, 0.717) is 12.0 Å². The minimum absolute atomic E-state index is 0.120. The zero-order valence-corrected chi connectivity index (χ0v) is 14.6. The molecule has 23 heavy (non-hydrogen) atoms. The van der Waals surface area contributed by atoms with E-state index in [1.54, 1.807) is 11.3 Å². The number of hydrogen-bond donors (Lipinski definition) is 2. The fourth-order valence-electron chi connectivity index (χ4n) is 3.95. The van der Waals surface area contributed by atoms with Crippen LogP contribution in [-0.4, -0.2) is 28.6 Å². The first-order chi connectivity index (χ1) is 11.2. The molecule has 0 amide bonds. The summed E-state index contributed by atoms with van der Waals surface area (Å²) >= 11 is 1.81. The van der Waals surface area contributed by atoms with Crippen LogP contribution in [0.4, 0.5) is 0 Å². The molecule has 2 saturated carbocycles. The molecule has 2 fully saturated rings. The first kappa shape index (κ1) is 16.9. The summed E-state index contributed by atoms with van der Waals surface area (Å²) in [5.41, 5.74) is 1.33. The van der Waals surface area contributed by atoms with Crippen LogP contribution >= 0.6 is 11.3 Å². The molecule has 2 aliphatic rings. The van der Waals surface area contributed by atoms with Crippen molar-refractivity contribution in [2.75, 3.05) is 6.54 Å². The summed E-state index contributed by atoms with van der Waals surface area (Å²) < 4.78 is 0. The molecule has 0 unspecified atom stereocenters. The molecule has 2 aliphatic carbocycles. The maximum atomic E-state index is 11.0. The van der Waals surface area contributed by atoms with Crippen molar-refractivity contribution in [1.29, 1.82) is 0 Å². The van der Waals surface area contributed by atoms with Crippen LogP contribution in [0.1, 0.15) is 74.4 Å². The predicted molar refractivity (Wildman–Crippen MR) is 93.0 cm³/mol. The molecule has 0 spiro atoms. The van der Waals surface area contributed by atoms with Crippen LogP contribution in [0.2, 0.25) is 0 Å². The van der Waals surface area contributed by atoms with Crippen LogP contribution in [0.5, 0.6) is 0 Å². The van der Waals surface area contributed by atoms with E-state index in [9.17, 15) is 4.79 Å². The highest BCUT2D eigenvalue weighted by atomic mass is 32.1. The zero-order chi connectivity index (χ0) is 16.1. The summed E-state index contributed by atoms with van der Waals surface area (Å²) in [6, 6.07) is 0.489. The molecule has 3 rings (SSSR count). The third kappa shape index (κ3) is 4.77. The number of nitrogens with zero attached hydrogens (tertiary/aromatic N) is 1. The van der Waals surface area contributed by atoms with Crippen molar-refractivity contribution in [1.82, 2.24) is 10.3 Å². The van der Waals surface area contributed by atoms with Crippen molar-refractivity contribution >= 4 is 17.3 Å². The maximum absolute atomic E-state index is 11.0. The molecule has 0 saturated heterocycles. The van der Waals surface area contributed by atoms with E-state index >= 15 is 0 Å². The van der Waals surface area contributed by atoms with Crippen LogP contribution in [0.25, 0.3) is 0 Å². The van der Waals surface area contributed by atoms with Crippen molar-refractivity contribution in [3.05, 3.63) is 16.1 Å². The van der Waals surface area contributed by atoms with Gasteiger partial charge in [-0.2, -0.15) is 0 Å². The molecule has 0 radical (unpaired) electrons. The molecule has 1 aromatic rings. The number of rotatable bonds is 6. The number of aromatic nitrogens is 1. The topological polar surface area (TPSA) is 62.2 Å². The number of hydrogen-bond acceptors (Lipinski definition) is 4. The summed E-state index contributed by atoms with van der Waals surface area (Å²) in [5.74, 6) is -0.0421. The molecule has 0 bridgehead atoms. The minimum atomic E-state index is -0.624. The van der Waals surface area contributed by atoms with E-state index in [-0.39, 0.29) is 5.92 Å². The Morgan fingerprint density at radius 3 is 2.61 bits per heavy atom. The van der Waals surface area contributed by atoms with Gasteiger partial charge in [-0.3, -0.25) is 4.79 Å². The highest BCUT2D eigenvalue weighted by Crippen LogP contribution is 2.33. The average Bonchev–Trinajstić information content (AvgIpc) is 3.05. The zero-order valence-electron chi connectivity index (χ0n) is 13.8. The molecule has 0 aromatic carbocycles. The van der Waals surface area contributed by atoms with Gasteiger partial charge >= 0.3 is 5.97 Å². The highest BCUT2D eigenvalue weighted by molar-refractivity contribution is 7.09. The Morgan fingerprint density at radius 1 is 1.17 bits per heavy atom. The van der Waals surface area contributed by atoms with Crippen LogP contribution < -0.4 is 5.32 Å². The summed E-state index contributed by atoms with van der Waals surface area (Å²) in [7, 11) is 0. The lowest BCUT2D eigenvalue weighted by molar-refractivity contribution is -0.142. The SMILES string of the molecule is O=C(O)C1CCC(NCCc2nc(C3CCCCC3)cs2)CC1. The Hall–Kier alpha value is -0.940. The second kappa shape index (κ2) is 8.25. The quantitative estimate of drug-likeness (QED) is 0.825. The molecule has 0 aliphatic heterocycles. The molecule has 1 heterocycles. The summed E-state index contributed by atoms with van der Waals surface area (Å²) in [4.78, 5) is 15.8. The Bertz CT molecular complexity index is 503. The van der Waals surface area contributed by atoms with Crippen molar-refractivity contribution in [3.8, 4) is 0 Å². The Labute approximate surface area is 142 Å². The van der Waals surface area contributed by atoms with Crippen molar-refractivity contribution in [3.63, 3.8) is 0 Å². The first-order valence-electron chi connectivity index (χ1n) is 9.13. The van der Waals surface area contributed by atoms with Gasteiger partial charge in [-0.1, -0.05) is 19.3 Å². The molecule has 1 aromatic heterocycles. The fraction of sp³-hybridized carbons (Fsp3) is 0.778. The van der Waals surface area contributed by atoms with Crippen molar-refractivity contribution in [2.45, 2.75) is 76.2 Å². The number of thiazole rings is 1. The highest BCUT2D eigenvalue weighted by Gasteiger charge is 2.25. The van der Waals surface area contributed by atoms with E-state index in [2.05, 4.69) is 10.7 Å². The summed E-state index contributed by atoms with van der Waals surface area (Å²) in [6.45, 7) is 0.958. The first-order valence-corrected chi connectivity index (χ1v) is 10.0. The van der Waals surface area contributed by atoms with Gasteiger partial charge in [-0.05, 0) is 38.5 Å². The Kier molecular flexibility index (Phi) is 6.06. The van der Waals surface area contributed by atoms with Gasteiger partial charge in [-0.25, -0.2) is 4.98 Å². The lowest BCUT2D eigenvalue weighted by Gasteiger charge is -2.26. The third-order valence-electron chi connectivity index (χ3n) is 5.44. The smallest absolute Gasteiger partial charge is 0.306 e. The number of carboxylic acids is 1. The molecule has 4 nitrogen and oxygen atoms in total. The van der Waals surface area contributed by atoms with Crippen LogP contribution in [0.3, 0.4) is 0 Å². The maximum Gasteiger partial charge on any atom is 0.306 e. The van der Waals surface area contributed by atoms with E-state index in [4.69, 9.17) is 10.1 Å². The van der Waals surface area contributed by atoms with Gasteiger partial charge in [0.1, 0.15) is 0 Å². The van der Waals surface area contributed by atoms with E-state index in [1.807, 2.05) is 0 Å². The monoisotopic (exact) mass is 336 g/mol. The van der Waals surface area contributed by atoms with Gasteiger partial charge < -0.3 is 10.4 Å². The standard InChI is InChI=1S/C18H28N2O2S/c21-18(22)14-6-8-15(9-7-14)19-11-10-17-20-16(12-23-17)13-4-2-1-3-5-13/h12-15,19H,1-11H2,(H,21,22). The minimum Gasteiger partial charge on any atom is -0.481 e. The van der Waals surface area contributed by atoms with E-state index < -0.39 is 5.97 Å². The molecule has 2 N–H and O–H groups in total. The Balaban J connectivity index is 1.38. The van der Waals surface area contributed by atoms with Crippen molar-refractivity contribution in [2.24, 2.45) is 5.92 Å². The van der Waals surface area contributed by atoms with Gasteiger partial charge in [0, 0.05) is 30.3 Å². The Morgan fingerprint density at radius 2 is 1.91 bits per heavy atom. The second-order valence-corrected chi connectivity index (χ2v) is 8.03. The van der Waals surface area contributed by atoms with Gasteiger partial charge in [0.05, 0.1) is 16.6 Å². The normalized spacial score (nSPS) is 26.3. The van der Waals surface area contributed by atoms with Crippen LogP contribution in [-0.2, 0) is 11.2 Å². The van der Waals surface area contributed by atoms with Crippen LogP contribution in [0, 0.1) is 5.92 Å². The molecule has 0 atom stereocenters. The van der Waals surface area contributed by atoms with Crippen molar-refractivity contribution < 1.29 is 9.90 Å². The van der Waals surface area contributed by atoms with Gasteiger partial charge in [0.25, 0.3) is 0 Å². The largest absolute Gasteiger partial charge is 0.481 e. The van der Waals surface area contributed by atoms with Gasteiger partial charge in [0.2, 0.25) is 0 Å². The van der Waals surface area contributed by atoms with Gasteiger partial charge in [0.15, 0.2) is 0 Å². The van der Waals surface area contributed by atoms with Gasteiger partial charge in [-0.15, -0.1) is 11.3 Å². The lowest BCUT2D eigenvalue weighted by atomic mass is 9.86. The van der Waals surface area contributed by atoms with Crippen LogP contribution in [0.15, 0.2) is 5.38 Å².